The zero-order valence-electron chi connectivity index (χ0n) is 8.79. The lowest BCUT2D eigenvalue weighted by Gasteiger charge is -2.18. The van der Waals surface area contributed by atoms with Gasteiger partial charge in [-0.2, -0.15) is 0 Å². The van der Waals surface area contributed by atoms with Gasteiger partial charge in [-0.15, -0.1) is 0 Å². The maximum absolute atomic E-state index is 5.20. The van der Waals surface area contributed by atoms with Gasteiger partial charge in [-0.05, 0) is 42.0 Å². The molecule has 0 saturated heterocycles. The van der Waals surface area contributed by atoms with Gasteiger partial charge in [0.05, 0.1) is 7.11 Å². The van der Waals surface area contributed by atoms with Crippen molar-refractivity contribution in [3.05, 3.63) is 35.4 Å². The van der Waals surface area contributed by atoms with Gasteiger partial charge in [0.1, 0.15) is 5.75 Å². The number of fused-ring (bicyclic) bond motifs is 1. The van der Waals surface area contributed by atoms with Crippen LogP contribution in [0, 0.1) is 5.92 Å². The van der Waals surface area contributed by atoms with E-state index in [1.54, 1.807) is 7.11 Å². The van der Waals surface area contributed by atoms with Crippen LogP contribution in [0.25, 0.3) is 6.08 Å². The van der Waals surface area contributed by atoms with Crippen molar-refractivity contribution in [2.24, 2.45) is 5.92 Å². The van der Waals surface area contributed by atoms with E-state index in [0.29, 0.717) is 0 Å². The number of hydrogen-bond acceptors (Lipinski definition) is 1. The molecule has 0 fully saturated rings. The maximum atomic E-state index is 5.20. The first-order valence-electron chi connectivity index (χ1n) is 5.18. The number of ether oxygens (including phenoxy) is 1. The van der Waals surface area contributed by atoms with E-state index >= 15 is 0 Å². The molecule has 0 amide bonds. The van der Waals surface area contributed by atoms with Crippen LogP contribution in [-0.2, 0) is 6.42 Å². The van der Waals surface area contributed by atoms with Crippen molar-refractivity contribution in [1.82, 2.24) is 0 Å². The van der Waals surface area contributed by atoms with Crippen LogP contribution in [-0.4, -0.2) is 7.11 Å². The zero-order chi connectivity index (χ0) is 9.97. The molecule has 1 heteroatoms. The third-order valence-corrected chi connectivity index (χ3v) is 2.91. The normalized spacial score (nSPS) is 19.1. The van der Waals surface area contributed by atoms with Gasteiger partial charge in [-0.3, -0.25) is 0 Å². The highest BCUT2D eigenvalue weighted by molar-refractivity contribution is 5.59. The third kappa shape index (κ3) is 1.67. The van der Waals surface area contributed by atoms with Crippen molar-refractivity contribution < 1.29 is 4.74 Å². The molecule has 0 heterocycles. The Morgan fingerprint density at radius 1 is 1.43 bits per heavy atom. The summed E-state index contributed by atoms with van der Waals surface area (Å²) in [5.41, 5.74) is 2.76. The summed E-state index contributed by atoms with van der Waals surface area (Å²) >= 11 is 0. The summed E-state index contributed by atoms with van der Waals surface area (Å²) in [5.74, 6) is 1.67. The molecule has 1 aromatic rings. The molecule has 0 unspecified atom stereocenters. The molecular weight excluding hydrogens is 172 g/mol. The van der Waals surface area contributed by atoms with Crippen molar-refractivity contribution in [2.45, 2.75) is 19.8 Å². The molecular formula is C13H16O. The first-order valence-corrected chi connectivity index (χ1v) is 5.18. The monoisotopic (exact) mass is 188 g/mol. The highest BCUT2D eigenvalue weighted by Crippen LogP contribution is 2.27. The standard InChI is InChI=1S/C13H16O/c1-3-10-4-5-12-9-13(14-2)7-6-11(12)8-10/h4-7,9-10H,3,8H2,1-2H3/t10-/m0/s1. The smallest absolute Gasteiger partial charge is 0.119 e. The van der Waals surface area contributed by atoms with Crippen LogP contribution in [0.4, 0.5) is 0 Å². The summed E-state index contributed by atoms with van der Waals surface area (Å²) in [4.78, 5) is 0. The highest BCUT2D eigenvalue weighted by atomic mass is 16.5. The quantitative estimate of drug-likeness (QED) is 0.692. The molecule has 1 atom stereocenters. The molecule has 0 N–H and O–H groups in total. The van der Waals surface area contributed by atoms with E-state index in [2.05, 4.69) is 31.2 Å². The Balaban J connectivity index is 2.31. The summed E-state index contributed by atoms with van der Waals surface area (Å²) in [6.07, 6.45) is 6.92. The first-order chi connectivity index (χ1) is 6.83. The molecule has 74 valence electrons. The largest absolute Gasteiger partial charge is 0.497 e. The van der Waals surface area contributed by atoms with E-state index in [9.17, 15) is 0 Å². The second-order valence-corrected chi connectivity index (χ2v) is 3.80. The Bertz CT molecular complexity index is 352. The molecule has 0 radical (unpaired) electrons. The van der Waals surface area contributed by atoms with Crippen LogP contribution in [0.5, 0.6) is 5.75 Å². The molecule has 0 aliphatic heterocycles. The lowest BCUT2D eigenvalue weighted by molar-refractivity contribution is 0.414. The van der Waals surface area contributed by atoms with Gasteiger partial charge in [0.15, 0.2) is 0 Å². The second-order valence-electron chi connectivity index (χ2n) is 3.80. The second kappa shape index (κ2) is 3.87. The fourth-order valence-corrected chi connectivity index (χ4v) is 1.91. The fourth-order valence-electron chi connectivity index (χ4n) is 1.91. The number of benzene rings is 1. The number of rotatable bonds is 2. The van der Waals surface area contributed by atoms with E-state index in [1.165, 1.54) is 24.0 Å². The summed E-state index contributed by atoms with van der Waals surface area (Å²) in [7, 11) is 1.71. The van der Waals surface area contributed by atoms with Gasteiger partial charge in [0.25, 0.3) is 0 Å². The van der Waals surface area contributed by atoms with E-state index in [4.69, 9.17) is 4.74 Å². The molecule has 0 spiro atoms. The minimum absolute atomic E-state index is 0.718. The van der Waals surface area contributed by atoms with Crippen LogP contribution >= 0.6 is 0 Å². The predicted octanol–water partition coefficient (Wildman–Crippen LogP) is 3.29. The zero-order valence-corrected chi connectivity index (χ0v) is 8.79. The third-order valence-electron chi connectivity index (χ3n) is 2.91. The minimum Gasteiger partial charge on any atom is -0.497 e. The Morgan fingerprint density at radius 3 is 3.00 bits per heavy atom. The summed E-state index contributed by atoms with van der Waals surface area (Å²) in [6, 6.07) is 6.34. The lowest BCUT2D eigenvalue weighted by atomic mass is 9.88. The van der Waals surface area contributed by atoms with Crippen molar-refractivity contribution in [1.29, 1.82) is 0 Å². The molecule has 0 bridgehead atoms. The topological polar surface area (TPSA) is 9.23 Å². The van der Waals surface area contributed by atoms with Gasteiger partial charge < -0.3 is 4.74 Å². The molecule has 1 aliphatic rings. The summed E-state index contributed by atoms with van der Waals surface area (Å²) in [6.45, 7) is 2.24. The van der Waals surface area contributed by atoms with Gasteiger partial charge in [0.2, 0.25) is 0 Å². The van der Waals surface area contributed by atoms with Crippen molar-refractivity contribution in [3.8, 4) is 5.75 Å². The Morgan fingerprint density at radius 2 is 2.29 bits per heavy atom. The molecule has 2 rings (SSSR count). The average Bonchev–Trinajstić information content (AvgIpc) is 2.27. The van der Waals surface area contributed by atoms with E-state index in [1.807, 2.05) is 6.07 Å². The van der Waals surface area contributed by atoms with Gasteiger partial charge >= 0.3 is 0 Å². The van der Waals surface area contributed by atoms with E-state index in [0.717, 1.165) is 11.7 Å². The van der Waals surface area contributed by atoms with Crippen molar-refractivity contribution in [3.63, 3.8) is 0 Å². The van der Waals surface area contributed by atoms with Gasteiger partial charge in [0, 0.05) is 0 Å². The van der Waals surface area contributed by atoms with Crippen LogP contribution in [0.3, 0.4) is 0 Å². The molecule has 1 nitrogen and oxygen atoms in total. The molecule has 14 heavy (non-hydrogen) atoms. The van der Waals surface area contributed by atoms with Crippen LogP contribution < -0.4 is 4.74 Å². The summed E-state index contributed by atoms with van der Waals surface area (Å²) < 4.78 is 5.20. The number of methoxy groups -OCH3 is 1. The van der Waals surface area contributed by atoms with Crippen LogP contribution in [0.15, 0.2) is 24.3 Å². The van der Waals surface area contributed by atoms with Crippen molar-refractivity contribution in [2.75, 3.05) is 7.11 Å². The fraction of sp³-hybridized carbons (Fsp3) is 0.385. The highest BCUT2D eigenvalue weighted by Gasteiger charge is 2.12. The lowest BCUT2D eigenvalue weighted by Crippen LogP contribution is -2.05. The maximum Gasteiger partial charge on any atom is 0.119 e. The summed E-state index contributed by atoms with van der Waals surface area (Å²) in [5, 5.41) is 0. The minimum atomic E-state index is 0.718. The predicted molar refractivity (Wildman–Crippen MR) is 59.5 cm³/mol. The molecule has 0 saturated carbocycles. The Hall–Kier alpha value is -1.24. The Labute approximate surface area is 85.4 Å². The molecule has 0 aromatic heterocycles. The van der Waals surface area contributed by atoms with Crippen LogP contribution in [0.2, 0.25) is 0 Å². The number of hydrogen-bond donors (Lipinski definition) is 0. The van der Waals surface area contributed by atoms with Gasteiger partial charge in [-0.25, -0.2) is 0 Å². The number of allylic oxidation sites excluding steroid dienone is 1. The van der Waals surface area contributed by atoms with Gasteiger partial charge in [-0.1, -0.05) is 25.1 Å². The first kappa shape index (κ1) is 9.32. The van der Waals surface area contributed by atoms with E-state index < -0.39 is 0 Å². The Kier molecular flexibility index (Phi) is 2.58. The van der Waals surface area contributed by atoms with Crippen LogP contribution in [0.1, 0.15) is 24.5 Å². The SMILES string of the molecule is CC[C@H]1C=Cc2cc(OC)ccc2C1. The molecule has 1 aliphatic carbocycles. The molecule has 1 aromatic carbocycles. The van der Waals surface area contributed by atoms with E-state index in [-0.39, 0.29) is 0 Å². The van der Waals surface area contributed by atoms with Crippen molar-refractivity contribution >= 4 is 6.08 Å². The average molecular weight is 188 g/mol.